The summed E-state index contributed by atoms with van der Waals surface area (Å²) in [6.45, 7) is 0. The molecule has 12 heteroatoms. The average Bonchev–Trinajstić information content (AvgIpc) is 3.50. The summed E-state index contributed by atoms with van der Waals surface area (Å²) in [5, 5.41) is 27.3. The van der Waals surface area contributed by atoms with E-state index in [1.54, 1.807) is 36.4 Å². The highest BCUT2D eigenvalue weighted by Gasteiger charge is 2.38. The first-order valence-corrected chi connectivity index (χ1v) is 8.36. The van der Waals surface area contributed by atoms with Gasteiger partial charge in [0.25, 0.3) is 11.8 Å². The van der Waals surface area contributed by atoms with E-state index < -0.39 is 11.8 Å². The van der Waals surface area contributed by atoms with Crippen molar-refractivity contribution in [1.29, 1.82) is 0 Å². The van der Waals surface area contributed by atoms with Crippen LogP contribution >= 0.6 is 0 Å². The topological polar surface area (TPSA) is 156 Å². The molecule has 2 N–H and O–H groups in total. The summed E-state index contributed by atoms with van der Waals surface area (Å²) in [6.07, 6.45) is 0. The molecule has 0 aliphatic carbocycles. The number of ether oxygens (including phenoxy) is 1. The van der Waals surface area contributed by atoms with E-state index >= 15 is 0 Å². The number of H-pyrrole nitrogens is 2. The first-order valence-electron chi connectivity index (χ1n) is 8.36. The fraction of sp³-hybridized carbons (Fsp3) is 0.0588. The number of amides is 2. The third-order valence-corrected chi connectivity index (χ3v) is 4.54. The van der Waals surface area contributed by atoms with Gasteiger partial charge in [0, 0.05) is 17.2 Å². The number of carbonyl (C=O) groups excluding carboxylic acids is 2. The Morgan fingerprint density at radius 3 is 2.48 bits per heavy atom. The van der Waals surface area contributed by atoms with Gasteiger partial charge in [-0.05, 0) is 39.9 Å². The number of aromatic amines is 2. The van der Waals surface area contributed by atoms with Crippen LogP contribution in [0.3, 0.4) is 0 Å². The number of tetrazole rings is 2. The number of rotatable bonds is 4. The zero-order chi connectivity index (χ0) is 20.0. The SMILES string of the molecule is COc1ccc(-c2nnn[nH]2)c(N2C(=O)c3ccc(-c4nn[nH]n4)cc3C2=O)c1. The largest absolute Gasteiger partial charge is 0.497 e. The molecule has 2 aromatic carbocycles. The van der Waals surface area contributed by atoms with Crippen LogP contribution in [0.5, 0.6) is 5.75 Å². The summed E-state index contributed by atoms with van der Waals surface area (Å²) < 4.78 is 5.26. The van der Waals surface area contributed by atoms with Gasteiger partial charge >= 0.3 is 0 Å². The van der Waals surface area contributed by atoms with Gasteiger partial charge in [-0.2, -0.15) is 5.21 Å². The molecule has 0 saturated heterocycles. The predicted molar refractivity (Wildman–Crippen MR) is 96.9 cm³/mol. The van der Waals surface area contributed by atoms with Crippen LogP contribution in [0.15, 0.2) is 36.4 Å². The molecule has 0 atom stereocenters. The average molecular weight is 389 g/mol. The van der Waals surface area contributed by atoms with Crippen molar-refractivity contribution >= 4 is 17.5 Å². The Morgan fingerprint density at radius 2 is 1.76 bits per heavy atom. The lowest BCUT2D eigenvalue weighted by molar-refractivity contribution is 0.0926. The van der Waals surface area contributed by atoms with E-state index in [-0.39, 0.29) is 11.1 Å². The van der Waals surface area contributed by atoms with Crippen LogP contribution in [0.1, 0.15) is 20.7 Å². The van der Waals surface area contributed by atoms with Crippen LogP contribution in [-0.4, -0.2) is 60.2 Å². The van der Waals surface area contributed by atoms with Crippen LogP contribution in [0.4, 0.5) is 5.69 Å². The van der Waals surface area contributed by atoms with Crippen molar-refractivity contribution in [3.05, 3.63) is 47.5 Å². The van der Waals surface area contributed by atoms with Crippen molar-refractivity contribution in [2.45, 2.75) is 0 Å². The van der Waals surface area contributed by atoms with Gasteiger partial charge in [-0.15, -0.1) is 15.3 Å². The number of benzene rings is 2. The highest BCUT2D eigenvalue weighted by Crippen LogP contribution is 2.37. The molecule has 0 unspecified atom stereocenters. The molecular formula is C17H11N9O3. The molecule has 0 saturated carbocycles. The Balaban J connectivity index is 1.64. The molecule has 142 valence electrons. The number of carbonyl (C=O) groups is 2. The lowest BCUT2D eigenvalue weighted by Crippen LogP contribution is -2.30. The number of imide groups is 1. The van der Waals surface area contributed by atoms with Crippen molar-refractivity contribution in [3.8, 4) is 28.5 Å². The Kier molecular flexibility index (Phi) is 3.62. The maximum absolute atomic E-state index is 13.2. The molecule has 0 bridgehead atoms. The summed E-state index contributed by atoms with van der Waals surface area (Å²) in [7, 11) is 1.49. The lowest BCUT2D eigenvalue weighted by atomic mass is 10.1. The lowest BCUT2D eigenvalue weighted by Gasteiger charge is -2.18. The minimum atomic E-state index is -0.489. The summed E-state index contributed by atoms with van der Waals surface area (Å²) >= 11 is 0. The van der Waals surface area contributed by atoms with Gasteiger partial charge in [0.15, 0.2) is 5.82 Å². The van der Waals surface area contributed by atoms with Crippen molar-refractivity contribution in [3.63, 3.8) is 0 Å². The van der Waals surface area contributed by atoms with E-state index in [2.05, 4.69) is 41.2 Å². The van der Waals surface area contributed by atoms with Crippen LogP contribution in [-0.2, 0) is 0 Å². The molecule has 0 fully saturated rings. The Morgan fingerprint density at radius 1 is 0.931 bits per heavy atom. The van der Waals surface area contributed by atoms with Gasteiger partial charge in [-0.3, -0.25) is 9.59 Å². The van der Waals surface area contributed by atoms with Crippen LogP contribution in [0.25, 0.3) is 22.8 Å². The zero-order valence-corrected chi connectivity index (χ0v) is 14.8. The molecule has 2 amide bonds. The second-order valence-electron chi connectivity index (χ2n) is 6.07. The number of anilines is 1. The van der Waals surface area contributed by atoms with E-state index in [4.69, 9.17) is 4.74 Å². The standard InChI is InChI=1S/C17H11N9O3/c1-29-9-3-5-11(15-20-24-25-21-15)13(7-9)26-16(27)10-4-2-8(6-12(10)17(26)28)14-18-22-23-19-14/h2-7H,1H3,(H,18,19,22,23)(H,20,21,24,25). The fourth-order valence-corrected chi connectivity index (χ4v) is 3.18. The highest BCUT2D eigenvalue weighted by atomic mass is 16.5. The number of hydrogen-bond acceptors (Lipinski definition) is 9. The van der Waals surface area contributed by atoms with Crippen LogP contribution in [0.2, 0.25) is 0 Å². The summed E-state index contributed by atoms with van der Waals surface area (Å²) in [5.41, 5.74) is 1.85. The number of aromatic nitrogens is 8. The van der Waals surface area contributed by atoms with Gasteiger partial charge < -0.3 is 4.74 Å². The van der Waals surface area contributed by atoms with E-state index in [1.807, 2.05) is 0 Å². The van der Waals surface area contributed by atoms with Gasteiger partial charge in [0.2, 0.25) is 5.82 Å². The quantitative estimate of drug-likeness (QED) is 0.483. The third kappa shape index (κ3) is 2.54. The Labute approximate surface area is 161 Å². The predicted octanol–water partition coefficient (Wildman–Crippen LogP) is 0.856. The maximum atomic E-state index is 13.2. The zero-order valence-electron chi connectivity index (χ0n) is 14.8. The highest BCUT2D eigenvalue weighted by molar-refractivity contribution is 6.35. The minimum Gasteiger partial charge on any atom is -0.497 e. The number of hydrogen-bond donors (Lipinski definition) is 2. The second kappa shape index (κ2) is 6.30. The number of nitrogens with zero attached hydrogens (tertiary/aromatic N) is 7. The monoisotopic (exact) mass is 389 g/mol. The molecule has 12 nitrogen and oxygen atoms in total. The second-order valence-corrected chi connectivity index (χ2v) is 6.07. The normalized spacial score (nSPS) is 13.1. The first kappa shape index (κ1) is 16.7. The molecular weight excluding hydrogens is 378 g/mol. The van der Waals surface area contributed by atoms with Crippen molar-refractivity contribution < 1.29 is 14.3 Å². The van der Waals surface area contributed by atoms with E-state index in [0.717, 1.165) is 4.90 Å². The Hall–Kier alpha value is -4.48. The van der Waals surface area contributed by atoms with Crippen molar-refractivity contribution in [1.82, 2.24) is 41.2 Å². The molecule has 29 heavy (non-hydrogen) atoms. The molecule has 2 aromatic heterocycles. The number of nitrogens with one attached hydrogen (secondary N) is 2. The molecule has 1 aliphatic rings. The van der Waals surface area contributed by atoms with Gasteiger partial charge in [0.05, 0.1) is 23.9 Å². The molecule has 1 aliphatic heterocycles. The summed E-state index contributed by atoms with van der Waals surface area (Å²) in [5.74, 6) is 0.150. The molecule has 4 aromatic rings. The van der Waals surface area contributed by atoms with E-state index in [9.17, 15) is 9.59 Å². The Bertz CT molecular complexity index is 1240. The van der Waals surface area contributed by atoms with Crippen LogP contribution in [0, 0.1) is 0 Å². The minimum absolute atomic E-state index is 0.238. The number of fused-ring (bicyclic) bond motifs is 1. The molecule has 0 spiro atoms. The molecule has 0 radical (unpaired) electrons. The maximum Gasteiger partial charge on any atom is 0.266 e. The molecule has 5 rings (SSSR count). The van der Waals surface area contributed by atoms with Gasteiger partial charge in [-0.1, -0.05) is 6.07 Å². The van der Waals surface area contributed by atoms with E-state index in [0.29, 0.717) is 34.2 Å². The van der Waals surface area contributed by atoms with E-state index in [1.165, 1.54) is 7.11 Å². The van der Waals surface area contributed by atoms with Gasteiger partial charge in [0.1, 0.15) is 5.75 Å². The van der Waals surface area contributed by atoms with Crippen molar-refractivity contribution in [2.24, 2.45) is 0 Å². The summed E-state index contributed by atoms with van der Waals surface area (Å²) in [6, 6.07) is 9.73. The number of methoxy groups -OCH3 is 1. The first-order chi connectivity index (χ1) is 14.2. The van der Waals surface area contributed by atoms with Crippen molar-refractivity contribution in [2.75, 3.05) is 12.0 Å². The summed E-state index contributed by atoms with van der Waals surface area (Å²) in [4.78, 5) is 27.3. The third-order valence-electron chi connectivity index (χ3n) is 4.54. The van der Waals surface area contributed by atoms with Crippen LogP contribution < -0.4 is 9.64 Å². The smallest absolute Gasteiger partial charge is 0.266 e. The fourth-order valence-electron chi connectivity index (χ4n) is 3.18. The van der Waals surface area contributed by atoms with Gasteiger partial charge in [-0.25, -0.2) is 10.00 Å². The molecule has 3 heterocycles.